The van der Waals surface area contributed by atoms with Crippen LogP contribution in [-0.4, -0.2) is 20.2 Å². The SMILES string of the molecule is Oc1ccc(-c2cnc3[nH]cc(C4=CCCC=C4)c3c2)cc1O. The van der Waals surface area contributed by atoms with Crippen LogP contribution >= 0.6 is 0 Å². The third-order valence-electron chi connectivity index (χ3n) is 4.15. The highest BCUT2D eigenvalue weighted by Gasteiger charge is 2.11. The lowest BCUT2D eigenvalue weighted by atomic mass is 9.98. The molecular formula is C19H16N2O2. The number of nitrogens with zero attached hydrogens (tertiary/aromatic N) is 1. The van der Waals surface area contributed by atoms with Crippen molar-refractivity contribution in [1.29, 1.82) is 0 Å². The Morgan fingerprint density at radius 2 is 1.91 bits per heavy atom. The van der Waals surface area contributed by atoms with Gasteiger partial charge < -0.3 is 15.2 Å². The molecule has 2 aromatic heterocycles. The zero-order valence-electron chi connectivity index (χ0n) is 12.5. The van der Waals surface area contributed by atoms with Crippen molar-refractivity contribution in [1.82, 2.24) is 9.97 Å². The van der Waals surface area contributed by atoms with Crippen LogP contribution < -0.4 is 0 Å². The van der Waals surface area contributed by atoms with E-state index in [4.69, 9.17) is 0 Å². The minimum Gasteiger partial charge on any atom is -0.504 e. The molecule has 3 aromatic rings. The maximum atomic E-state index is 9.70. The number of rotatable bonds is 2. The highest BCUT2D eigenvalue weighted by atomic mass is 16.3. The molecule has 1 aliphatic carbocycles. The first-order valence-electron chi connectivity index (χ1n) is 7.59. The lowest BCUT2D eigenvalue weighted by molar-refractivity contribution is 0.404. The lowest BCUT2D eigenvalue weighted by Gasteiger charge is -2.07. The number of pyridine rings is 1. The van der Waals surface area contributed by atoms with E-state index in [9.17, 15) is 10.2 Å². The summed E-state index contributed by atoms with van der Waals surface area (Å²) in [6, 6.07) is 6.86. The molecule has 0 saturated carbocycles. The topological polar surface area (TPSA) is 69.1 Å². The Balaban J connectivity index is 1.85. The molecule has 0 spiro atoms. The van der Waals surface area contributed by atoms with Gasteiger partial charge in [-0.15, -0.1) is 0 Å². The Morgan fingerprint density at radius 3 is 2.70 bits per heavy atom. The summed E-state index contributed by atoms with van der Waals surface area (Å²) in [6.07, 6.45) is 12.5. The van der Waals surface area contributed by atoms with Gasteiger partial charge in [-0.2, -0.15) is 0 Å². The third kappa shape index (κ3) is 2.38. The third-order valence-corrected chi connectivity index (χ3v) is 4.15. The van der Waals surface area contributed by atoms with Crippen molar-refractivity contribution < 1.29 is 10.2 Å². The molecule has 2 heterocycles. The van der Waals surface area contributed by atoms with Crippen LogP contribution in [0.1, 0.15) is 18.4 Å². The van der Waals surface area contributed by atoms with Crippen LogP contribution in [0.4, 0.5) is 0 Å². The van der Waals surface area contributed by atoms with Crippen LogP contribution in [0.2, 0.25) is 0 Å². The molecule has 1 aliphatic rings. The van der Waals surface area contributed by atoms with Gasteiger partial charge in [0, 0.05) is 28.9 Å². The van der Waals surface area contributed by atoms with Gasteiger partial charge in [-0.1, -0.05) is 24.3 Å². The second-order valence-electron chi connectivity index (χ2n) is 5.67. The van der Waals surface area contributed by atoms with E-state index in [1.165, 1.54) is 11.6 Å². The average Bonchev–Trinajstić information content (AvgIpc) is 3.01. The fourth-order valence-corrected chi connectivity index (χ4v) is 2.92. The summed E-state index contributed by atoms with van der Waals surface area (Å²) in [6.45, 7) is 0. The second-order valence-corrected chi connectivity index (χ2v) is 5.67. The normalized spacial score (nSPS) is 14.2. The van der Waals surface area contributed by atoms with Crippen molar-refractivity contribution in [2.75, 3.05) is 0 Å². The zero-order chi connectivity index (χ0) is 15.8. The van der Waals surface area contributed by atoms with E-state index in [-0.39, 0.29) is 11.5 Å². The summed E-state index contributed by atoms with van der Waals surface area (Å²) < 4.78 is 0. The maximum absolute atomic E-state index is 9.70. The van der Waals surface area contributed by atoms with Crippen LogP contribution in [0.3, 0.4) is 0 Å². The summed E-state index contributed by atoms with van der Waals surface area (Å²) in [7, 11) is 0. The van der Waals surface area contributed by atoms with E-state index >= 15 is 0 Å². The molecule has 0 aliphatic heterocycles. The van der Waals surface area contributed by atoms with Crippen LogP contribution in [0.25, 0.3) is 27.7 Å². The first kappa shape index (κ1) is 13.6. The Labute approximate surface area is 133 Å². The number of phenols is 2. The van der Waals surface area contributed by atoms with E-state index in [0.717, 1.165) is 40.6 Å². The van der Waals surface area contributed by atoms with Gasteiger partial charge in [0.05, 0.1) is 0 Å². The average molecular weight is 304 g/mol. The van der Waals surface area contributed by atoms with Gasteiger partial charge in [-0.25, -0.2) is 4.98 Å². The monoisotopic (exact) mass is 304 g/mol. The number of allylic oxidation sites excluding steroid dienone is 4. The number of aromatic amines is 1. The number of nitrogens with one attached hydrogen (secondary N) is 1. The van der Waals surface area contributed by atoms with Gasteiger partial charge >= 0.3 is 0 Å². The quantitative estimate of drug-likeness (QED) is 0.616. The summed E-state index contributed by atoms with van der Waals surface area (Å²) in [5.74, 6) is -0.252. The van der Waals surface area contributed by atoms with Crippen molar-refractivity contribution >= 4 is 16.6 Å². The molecule has 23 heavy (non-hydrogen) atoms. The smallest absolute Gasteiger partial charge is 0.158 e. The number of H-pyrrole nitrogens is 1. The number of hydrogen-bond acceptors (Lipinski definition) is 3. The molecule has 4 nitrogen and oxygen atoms in total. The minimum atomic E-state index is -0.130. The molecule has 0 radical (unpaired) electrons. The highest BCUT2D eigenvalue weighted by Crippen LogP contribution is 2.33. The zero-order valence-corrected chi connectivity index (χ0v) is 12.5. The van der Waals surface area contributed by atoms with Gasteiger partial charge in [0.1, 0.15) is 5.65 Å². The molecule has 114 valence electrons. The van der Waals surface area contributed by atoms with Crippen LogP contribution in [0.15, 0.2) is 54.9 Å². The Kier molecular flexibility index (Phi) is 3.15. The van der Waals surface area contributed by atoms with Gasteiger partial charge in [0.25, 0.3) is 0 Å². The first-order chi connectivity index (χ1) is 11.2. The summed E-state index contributed by atoms with van der Waals surface area (Å²) in [5, 5.41) is 20.2. The van der Waals surface area contributed by atoms with E-state index in [1.807, 2.05) is 6.20 Å². The minimum absolute atomic E-state index is 0.123. The predicted molar refractivity (Wildman–Crippen MR) is 91.2 cm³/mol. The van der Waals surface area contributed by atoms with Crippen molar-refractivity contribution in [3.63, 3.8) is 0 Å². The highest BCUT2D eigenvalue weighted by molar-refractivity contribution is 5.95. The van der Waals surface area contributed by atoms with Gasteiger partial charge in [0.15, 0.2) is 11.5 Å². The molecule has 1 aromatic carbocycles. The predicted octanol–water partition coefficient (Wildman–Crippen LogP) is 4.37. The van der Waals surface area contributed by atoms with Crippen molar-refractivity contribution in [3.8, 4) is 22.6 Å². The van der Waals surface area contributed by atoms with E-state index in [0.29, 0.717) is 0 Å². The summed E-state index contributed by atoms with van der Waals surface area (Å²) in [5.41, 5.74) is 4.89. The van der Waals surface area contributed by atoms with Crippen LogP contribution in [0.5, 0.6) is 11.5 Å². The first-order valence-corrected chi connectivity index (χ1v) is 7.59. The molecule has 0 bridgehead atoms. The van der Waals surface area contributed by atoms with Crippen LogP contribution in [-0.2, 0) is 0 Å². The van der Waals surface area contributed by atoms with Crippen molar-refractivity contribution in [3.05, 3.63) is 60.5 Å². The number of hydrogen-bond donors (Lipinski definition) is 3. The number of phenolic OH excluding ortho intramolecular Hbond substituents is 2. The van der Waals surface area contributed by atoms with Gasteiger partial charge in [-0.05, 0) is 42.2 Å². The molecule has 0 amide bonds. The number of aromatic hydroxyl groups is 2. The molecule has 0 saturated heterocycles. The maximum Gasteiger partial charge on any atom is 0.158 e. The molecule has 4 rings (SSSR count). The van der Waals surface area contributed by atoms with E-state index < -0.39 is 0 Å². The molecule has 0 fully saturated rings. The lowest BCUT2D eigenvalue weighted by Crippen LogP contribution is -1.86. The van der Waals surface area contributed by atoms with Crippen molar-refractivity contribution in [2.45, 2.75) is 12.8 Å². The number of benzene rings is 1. The largest absolute Gasteiger partial charge is 0.504 e. The molecule has 3 N–H and O–H groups in total. The van der Waals surface area contributed by atoms with E-state index in [1.54, 1.807) is 18.3 Å². The molecule has 0 atom stereocenters. The number of fused-ring (bicyclic) bond motifs is 1. The fraction of sp³-hybridized carbons (Fsp3) is 0.105. The molecule has 0 unspecified atom stereocenters. The molecule has 4 heteroatoms. The Morgan fingerprint density at radius 1 is 1.00 bits per heavy atom. The Bertz CT molecular complexity index is 951. The second kappa shape index (κ2) is 5.32. The van der Waals surface area contributed by atoms with Gasteiger partial charge in [-0.3, -0.25) is 0 Å². The standard InChI is InChI=1S/C19H16N2O2/c22-17-7-6-13(9-18(17)23)14-8-15-16(11-21-19(15)20-10-14)12-4-2-1-3-5-12/h2,4-11,22-23H,1,3H2,(H,20,21). The Hall–Kier alpha value is -3.01. The number of aromatic nitrogens is 2. The van der Waals surface area contributed by atoms with E-state index in [2.05, 4.69) is 34.3 Å². The summed E-state index contributed by atoms with van der Waals surface area (Å²) in [4.78, 5) is 7.68. The van der Waals surface area contributed by atoms with Gasteiger partial charge in [0.2, 0.25) is 0 Å². The fourth-order valence-electron chi connectivity index (χ4n) is 2.92. The van der Waals surface area contributed by atoms with Crippen molar-refractivity contribution in [2.24, 2.45) is 0 Å². The summed E-state index contributed by atoms with van der Waals surface area (Å²) >= 11 is 0. The van der Waals surface area contributed by atoms with Crippen LogP contribution in [0, 0.1) is 0 Å². The molecular weight excluding hydrogens is 288 g/mol.